The molecule has 0 amide bonds. The molecule has 28 heavy (non-hydrogen) atoms. The molecule has 1 saturated heterocycles. The molecule has 0 aliphatic carbocycles. The topological polar surface area (TPSA) is 108 Å². The molecule has 10 heteroatoms. The molecule has 2 aromatic carbocycles. The lowest BCUT2D eigenvalue weighted by Crippen LogP contribution is -2.47. The Morgan fingerprint density at radius 2 is 1.79 bits per heavy atom. The van der Waals surface area contributed by atoms with Crippen molar-refractivity contribution in [1.82, 2.24) is 9.21 Å². The van der Waals surface area contributed by atoms with Crippen LogP contribution in [-0.2, 0) is 10.0 Å². The molecule has 0 aromatic heterocycles. The molecule has 0 atom stereocenters. The number of hydrogen-bond donors (Lipinski definition) is 1. The van der Waals surface area contributed by atoms with Gasteiger partial charge in [-0.15, -0.1) is 0 Å². The van der Waals surface area contributed by atoms with Gasteiger partial charge in [0.15, 0.2) is 0 Å². The first-order valence-corrected chi connectivity index (χ1v) is 10.1. The van der Waals surface area contributed by atoms with Crippen LogP contribution < -0.4 is 5.43 Å². The fraction of sp³-hybridized carbons (Fsp3) is 0.278. The van der Waals surface area contributed by atoms with E-state index in [0.717, 1.165) is 11.6 Å². The number of likely N-dealkylation sites (N-methyl/N-ethyl adjacent to an activating group) is 1. The minimum atomic E-state index is -3.90. The van der Waals surface area contributed by atoms with E-state index in [1.807, 2.05) is 42.3 Å². The number of non-ortho nitro benzene ring substituents is 1. The van der Waals surface area contributed by atoms with Crippen molar-refractivity contribution in [1.29, 1.82) is 0 Å². The molecule has 1 aliphatic heterocycles. The molecule has 148 valence electrons. The van der Waals surface area contributed by atoms with Crippen molar-refractivity contribution in [3.05, 3.63) is 64.2 Å². The summed E-state index contributed by atoms with van der Waals surface area (Å²) in [6.45, 7) is 1.86. The third-order valence-electron chi connectivity index (χ3n) is 4.45. The van der Waals surface area contributed by atoms with E-state index < -0.39 is 14.9 Å². The third-order valence-corrected chi connectivity index (χ3v) is 6.39. The van der Waals surface area contributed by atoms with Crippen molar-refractivity contribution in [2.75, 3.05) is 38.7 Å². The van der Waals surface area contributed by atoms with E-state index in [4.69, 9.17) is 0 Å². The molecule has 1 aliphatic rings. The van der Waals surface area contributed by atoms with Crippen molar-refractivity contribution >= 4 is 27.6 Å². The lowest BCUT2D eigenvalue weighted by Gasteiger charge is -2.31. The van der Waals surface area contributed by atoms with Crippen LogP contribution in [0.25, 0.3) is 0 Å². The van der Waals surface area contributed by atoms with E-state index in [1.54, 1.807) is 6.21 Å². The molecule has 0 unspecified atom stereocenters. The molecule has 0 spiro atoms. The zero-order valence-corrected chi connectivity index (χ0v) is 16.2. The van der Waals surface area contributed by atoms with Gasteiger partial charge in [0, 0.05) is 38.3 Å². The molecule has 1 heterocycles. The van der Waals surface area contributed by atoms with E-state index in [-0.39, 0.29) is 16.3 Å². The Balaban J connectivity index is 1.92. The van der Waals surface area contributed by atoms with Gasteiger partial charge in [0.2, 0.25) is 10.0 Å². The van der Waals surface area contributed by atoms with E-state index in [0.29, 0.717) is 26.2 Å². The average Bonchev–Trinajstić information content (AvgIpc) is 2.69. The summed E-state index contributed by atoms with van der Waals surface area (Å²) in [6, 6.07) is 13.0. The molecule has 1 fully saturated rings. The minimum Gasteiger partial charge on any atom is -0.304 e. The molecule has 1 N–H and O–H groups in total. The summed E-state index contributed by atoms with van der Waals surface area (Å²) in [5, 5.41) is 15.2. The van der Waals surface area contributed by atoms with Gasteiger partial charge in [-0.1, -0.05) is 30.3 Å². The molecular weight excluding hydrogens is 382 g/mol. The molecular formula is C18H21N5O4S. The number of benzene rings is 2. The van der Waals surface area contributed by atoms with Gasteiger partial charge in [0.1, 0.15) is 4.90 Å². The van der Waals surface area contributed by atoms with Crippen molar-refractivity contribution in [2.45, 2.75) is 4.90 Å². The number of anilines is 1. The zero-order chi connectivity index (χ0) is 20.1. The van der Waals surface area contributed by atoms with Gasteiger partial charge in [0.05, 0.1) is 16.8 Å². The molecule has 0 radical (unpaired) electrons. The molecule has 0 saturated carbocycles. The molecule has 9 nitrogen and oxygen atoms in total. The van der Waals surface area contributed by atoms with Crippen LogP contribution in [0.15, 0.2) is 58.5 Å². The van der Waals surface area contributed by atoms with Crippen molar-refractivity contribution in [2.24, 2.45) is 5.10 Å². The highest BCUT2D eigenvalue weighted by Crippen LogP contribution is 2.29. The number of sulfonamides is 1. The third kappa shape index (κ3) is 4.53. The molecule has 3 rings (SSSR count). The Morgan fingerprint density at radius 3 is 2.43 bits per heavy atom. The zero-order valence-electron chi connectivity index (χ0n) is 15.4. The minimum absolute atomic E-state index is 0.156. The van der Waals surface area contributed by atoms with Crippen LogP contribution in [-0.4, -0.2) is 62.0 Å². The monoisotopic (exact) mass is 403 g/mol. The van der Waals surface area contributed by atoms with E-state index in [1.165, 1.54) is 16.4 Å². The highest BCUT2D eigenvalue weighted by molar-refractivity contribution is 7.89. The standard InChI is InChI=1S/C18H21N5O4S/c1-21-9-11-22(12-10-21)28(26,27)18-13-16(23(24)25)7-8-17(18)20-19-14-15-5-3-2-4-6-15/h2-8,13-14,20H,9-12H2,1H3/b19-14-. The van der Waals surface area contributed by atoms with Crippen molar-refractivity contribution < 1.29 is 13.3 Å². The van der Waals surface area contributed by atoms with Crippen molar-refractivity contribution in [3.8, 4) is 0 Å². The summed E-state index contributed by atoms with van der Waals surface area (Å²) in [5.41, 5.74) is 3.45. The van der Waals surface area contributed by atoms with Crippen LogP contribution in [0.3, 0.4) is 0 Å². The van der Waals surface area contributed by atoms with Crippen molar-refractivity contribution in [3.63, 3.8) is 0 Å². The normalized spacial score (nSPS) is 16.3. The van der Waals surface area contributed by atoms with Crippen LogP contribution in [0.1, 0.15) is 5.56 Å². The van der Waals surface area contributed by atoms with Crippen LogP contribution >= 0.6 is 0 Å². The fourth-order valence-corrected chi connectivity index (χ4v) is 4.40. The summed E-state index contributed by atoms with van der Waals surface area (Å²) in [4.78, 5) is 12.4. The van der Waals surface area contributed by atoms with Gasteiger partial charge in [-0.25, -0.2) is 8.42 Å². The lowest BCUT2D eigenvalue weighted by molar-refractivity contribution is -0.385. The number of hydrogen-bond acceptors (Lipinski definition) is 7. The van der Waals surface area contributed by atoms with Gasteiger partial charge in [-0.05, 0) is 18.7 Å². The predicted molar refractivity (Wildman–Crippen MR) is 107 cm³/mol. The second-order valence-corrected chi connectivity index (χ2v) is 8.33. The number of nitrogens with zero attached hydrogens (tertiary/aromatic N) is 4. The first kappa shape index (κ1) is 19.9. The number of rotatable bonds is 6. The highest BCUT2D eigenvalue weighted by atomic mass is 32.2. The number of nitro groups is 1. The van der Waals surface area contributed by atoms with Crippen LogP contribution in [0.2, 0.25) is 0 Å². The quantitative estimate of drug-likeness (QED) is 0.449. The van der Waals surface area contributed by atoms with Gasteiger partial charge in [0.25, 0.3) is 5.69 Å². The summed E-state index contributed by atoms with van der Waals surface area (Å²) in [6.07, 6.45) is 1.55. The Labute approximate surface area is 163 Å². The smallest absolute Gasteiger partial charge is 0.270 e. The van der Waals surface area contributed by atoms with Gasteiger partial charge in [-0.3, -0.25) is 15.5 Å². The predicted octanol–water partition coefficient (Wildman–Crippen LogP) is 1.98. The molecule has 0 bridgehead atoms. The average molecular weight is 403 g/mol. The van der Waals surface area contributed by atoms with Crippen LogP contribution in [0.4, 0.5) is 11.4 Å². The largest absolute Gasteiger partial charge is 0.304 e. The van der Waals surface area contributed by atoms with E-state index in [9.17, 15) is 18.5 Å². The first-order chi connectivity index (χ1) is 13.4. The second kappa shape index (κ2) is 8.46. The van der Waals surface area contributed by atoms with E-state index in [2.05, 4.69) is 10.5 Å². The fourth-order valence-electron chi connectivity index (χ4n) is 2.81. The Bertz CT molecular complexity index is 971. The SMILES string of the molecule is CN1CCN(S(=O)(=O)c2cc([N+](=O)[O-])ccc2N/N=C\c2ccccc2)CC1. The summed E-state index contributed by atoms with van der Waals surface area (Å²) < 4.78 is 27.6. The van der Waals surface area contributed by atoms with Gasteiger partial charge in [-0.2, -0.15) is 9.41 Å². The van der Waals surface area contributed by atoms with E-state index >= 15 is 0 Å². The van der Waals surface area contributed by atoms with Gasteiger partial charge >= 0.3 is 0 Å². The van der Waals surface area contributed by atoms with Crippen LogP contribution in [0, 0.1) is 10.1 Å². The second-order valence-electron chi connectivity index (χ2n) is 6.43. The van der Waals surface area contributed by atoms with Crippen LogP contribution in [0.5, 0.6) is 0 Å². The lowest BCUT2D eigenvalue weighted by atomic mass is 10.2. The number of nitrogens with one attached hydrogen (secondary N) is 1. The highest BCUT2D eigenvalue weighted by Gasteiger charge is 2.31. The number of hydrazone groups is 1. The number of nitro benzene ring substituents is 1. The number of piperazine rings is 1. The Morgan fingerprint density at radius 1 is 1.11 bits per heavy atom. The summed E-state index contributed by atoms with van der Waals surface area (Å²) >= 11 is 0. The Kier molecular flexibility index (Phi) is 6.02. The first-order valence-electron chi connectivity index (χ1n) is 8.69. The maximum atomic E-state index is 13.1. The summed E-state index contributed by atoms with van der Waals surface area (Å²) in [7, 11) is -1.98. The summed E-state index contributed by atoms with van der Waals surface area (Å²) in [5.74, 6) is 0. The molecule has 2 aromatic rings. The maximum absolute atomic E-state index is 13.1. The maximum Gasteiger partial charge on any atom is 0.270 e. The Hall–Kier alpha value is -2.82. The van der Waals surface area contributed by atoms with Gasteiger partial charge < -0.3 is 4.90 Å².